The third-order valence-corrected chi connectivity index (χ3v) is 2.65. The number of likely N-dealkylation sites (N-methyl/N-ethyl adjacent to an activating group) is 1. The van der Waals surface area contributed by atoms with Gasteiger partial charge in [0.05, 0.1) is 0 Å². The molecule has 0 saturated carbocycles. The molecule has 0 aromatic heterocycles. The van der Waals surface area contributed by atoms with Gasteiger partial charge in [-0.1, -0.05) is 13.0 Å². The average molecular weight is 210 g/mol. The van der Waals surface area contributed by atoms with Crippen LogP contribution in [0.2, 0.25) is 0 Å². The van der Waals surface area contributed by atoms with Crippen molar-refractivity contribution in [2.75, 3.05) is 13.6 Å². The minimum atomic E-state index is -0.298. The van der Waals surface area contributed by atoms with Crippen molar-refractivity contribution in [3.63, 3.8) is 0 Å². The number of hydrogen-bond acceptors (Lipinski definition) is 2. The quantitative estimate of drug-likeness (QED) is 0.676. The summed E-state index contributed by atoms with van der Waals surface area (Å²) in [5.41, 5.74) is 0. The van der Waals surface area contributed by atoms with Crippen molar-refractivity contribution >= 4 is 11.8 Å². The number of nitrogens with one attached hydrogen (secondary N) is 1. The van der Waals surface area contributed by atoms with E-state index in [1.807, 2.05) is 0 Å². The van der Waals surface area contributed by atoms with E-state index in [1.54, 1.807) is 24.9 Å². The molecule has 0 spiro atoms. The third-order valence-electron chi connectivity index (χ3n) is 2.65. The maximum atomic E-state index is 11.7. The fourth-order valence-electron chi connectivity index (χ4n) is 1.94. The Bertz CT molecular complexity index is 286. The lowest BCUT2D eigenvalue weighted by molar-refractivity contribution is -0.134. The molecule has 4 heteroatoms. The van der Waals surface area contributed by atoms with Crippen molar-refractivity contribution in [2.45, 2.75) is 26.3 Å². The topological polar surface area (TPSA) is 49.4 Å². The summed E-state index contributed by atoms with van der Waals surface area (Å²) in [6.45, 7) is 4.52. The second-order valence-corrected chi connectivity index (χ2v) is 3.96. The fourth-order valence-corrected chi connectivity index (χ4v) is 1.94. The van der Waals surface area contributed by atoms with Crippen molar-refractivity contribution in [3.05, 3.63) is 12.2 Å². The summed E-state index contributed by atoms with van der Waals surface area (Å²) in [6.07, 6.45) is 3.96. The summed E-state index contributed by atoms with van der Waals surface area (Å²) in [6, 6.07) is -0.298. The van der Waals surface area contributed by atoms with E-state index in [-0.39, 0.29) is 17.9 Å². The number of rotatable bonds is 2. The molecule has 1 aliphatic heterocycles. The Morgan fingerprint density at radius 1 is 1.47 bits per heavy atom. The smallest absolute Gasteiger partial charge is 0.246 e. The summed E-state index contributed by atoms with van der Waals surface area (Å²) in [5.74, 6) is 0.245. The Morgan fingerprint density at radius 2 is 2.13 bits per heavy atom. The van der Waals surface area contributed by atoms with Crippen molar-refractivity contribution < 1.29 is 9.59 Å². The molecule has 1 aliphatic rings. The number of amides is 2. The lowest BCUT2D eigenvalue weighted by Gasteiger charge is -2.21. The lowest BCUT2D eigenvalue weighted by atomic mass is 10.1. The van der Waals surface area contributed by atoms with Gasteiger partial charge in [-0.15, -0.1) is 0 Å². The molecule has 15 heavy (non-hydrogen) atoms. The highest BCUT2D eigenvalue weighted by atomic mass is 16.2. The predicted molar refractivity (Wildman–Crippen MR) is 58.2 cm³/mol. The predicted octanol–water partition coefficient (Wildman–Crippen LogP) is 0.545. The van der Waals surface area contributed by atoms with Crippen LogP contribution in [0.1, 0.15) is 20.3 Å². The Hall–Kier alpha value is -1.32. The Balaban J connectivity index is 2.77. The van der Waals surface area contributed by atoms with Gasteiger partial charge in [0.15, 0.2) is 0 Å². The van der Waals surface area contributed by atoms with Gasteiger partial charge in [0.25, 0.3) is 0 Å². The standard InChI is InChI=1S/C11H18N2O2/c1-4-5-10(14)13-7-8(2)6-9(13)11(15)12-3/h4-5,8-9H,6-7H2,1-3H3,(H,12,15)/b5-4+/t8-,9-/m0/s1. The first-order valence-electron chi connectivity index (χ1n) is 5.25. The van der Waals surface area contributed by atoms with Crippen molar-refractivity contribution in [3.8, 4) is 0 Å². The van der Waals surface area contributed by atoms with Gasteiger partial charge in [-0.3, -0.25) is 9.59 Å². The average Bonchev–Trinajstić information content (AvgIpc) is 2.59. The molecule has 4 nitrogen and oxygen atoms in total. The van der Waals surface area contributed by atoms with Gasteiger partial charge < -0.3 is 10.2 Å². The largest absolute Gasteiger partial charge is 0.357 e. The number of likely N-dealkylation sites (tertiary alicyclic amines) is 1. The van der Waals surface area contributed by atoms with Gasteiger partial charge in [-0.2, -0.15) is 0 Å². The minimum Gasteiger partial charge on any atom is -0.357 e. The van der Waals surface area contributed by atoms with Crippen LogP contribution in [0.4, 0.5) is 0 Å². The zero-order valence-electron chi connectivity index (χ0n) is 9.49. The molecule has 2 atom stereocenters. The van der Waals surface area contributed by atoms with Gasteiger partial charge >= 0.3 is 0 Å². The molecule has 1 heterocycles. The second kappa shape index (κ2) is 4.96. The summed E-state index contributed by atoms with van der Waals surface area (Å²) in [4.78, 5) is 24.9. The molecule has 0 unspecified atom stereocenters. The number of carbonyl (C=O) groups is 2. The SMILES string of the molecule is C/C=C/C(=O)N1C[C@@H](C)C[C@H]1C(=O)NC. The normalized spacial score (nSPS) is 25.9. The first kappa shape index (κ1) is 11.8. The number of hydrogen-bond donors (Lipinski definition) is 1. The Kier molecular flexibility index (Phi) is 3.88. The molecular formula is C11H18N2O2. The fraction of sp³-hybridized carbons (Fsp3) is 0.636. The molecule has 0 aliphatic carbocycles. The van der Waals surface area contributed by atoms with Crippen LogP contribution in [-0.4, -0.2) is 36.3 Å². The van der Waals surface area contributed by atoms with E-state index in [4.69, 9.17) is 0 Å². The molecule has 2 amide bonds. The first-order valence-corrected chi connectivity index (χ1v) is 5.25. The van der Waals surface area contributed by atoms with E-state index in [1.165, 1.54) is 6.08 Å². The zero-order chi connectivity index (χ0) is 11.4. The van der Waals surface area contributed by atoms with Gasteiger partial charge in [0.2, 0.25) is 11.8 Å². The van der Waals surface area contributed by atoms with Crippen LogP contribution in [0, 0.1) is 5.92 Å². The Labute approximate surface area is 90.3 Å². The number of nitrogens with zero attached hydrogens (tertiary/aromatic N) is 1. The van der Waals surface area contributed by atoms with Crippen LogP contribution in [0.3, 0.4) is 0 Å². The van der Waals surface area contributed by atoms with Gasteiger partial charge in [0.1, 0.15) is 6.04 Å². The third kappa shape index (κ3) is 2.58. The molecule has 1 fully saturated rings. The van der Waals surface area contributed by atoms with Crippen LogP contribution in [0.5, 0.6) is 0 Å². The van der Waals surface area contributed by atoms with E-state index in [0.29, 0.717) is 12.5 Å². The lowest BCUT2D eigenvalue weighted by Crippen LogP contribution is -2.44. The van der Waals surface area contributed by atoms with Crippen molar-refractivity contribution in [1.29, 1.82) is 0 Å². The molecule has 1 rings (SSSR count). The second-order valence-electron chi connectivity index (χ2n) is 3.96. The van der Waals surface area contributed by atoms with Crippen LogP contribution in [-0.2, 0) is 9.59 Å². The zero-order valence-corrected chi connectivity index (χ0v) is 9.49. The van der Waals surface area contributed by atoms with E-state index in [2.05, 4.69) is 12.2 Å². The highest BCUT2D eigenvalue weighted by Gasteiger charge is 2.36. The Morgan fingerprint density at radius 3 is 2.67 bits per heavy atom. The molecule has 0 aromatic carbocycles. The van der Waals surface area contributed by atoms with Crippen LogP contribution >= 0.6 is 0 Å². The molecule has 1 saturated heterocycles. The first-order chi connectivity index (χ1) is 7.10. The van der Waals surface area contributed by atoms with Crippen LogP contribution in [0.25, 0.3) is 0 Å². The molecular weight excluding hydrogens is 192 g/mol. The molecule has 0 aromatic rings. The summed E-state index contributed by atoms with van der Waals surface area (Å²) < 4.78 is 0. The van der Waals surface area contributed by atoms with E-state index in [9.17, 15) is 9.59 Å². The number of allylic oxidation sites excluding steroid dienone is 1. The van der Waals surface area contributed by atoms with E-state index in [0.717, 1.165) is 6.42 Å². The maximum absolute atomic E-state index is 11.7. The van der Waals surface area contributed by atoms with Crippen molar-refractivity contribution in [1.82, 2.24) is 10.2 Å². The molecule has 84 valence electrons. The monoisotopic (exact) mass is 210 g/mol. The van der Waals surface area contributed by atoms with Crippen molar-refractivity contribution in [2.24, 2.45) is 5.92 Å². The highest BCUT2D eigenvalue weighted by Crippen LogP contribution is 2.23. The van der Waals surface area contributed by atoms with E-state index < -0.39 is 0 Å². The summed E-state index contributed by atoms with van der Waals surface area (Å²) >= 11 is 0. The summed E-state index contributed by atoms with van der Waals surface area (Å²) in [5, 5.41) is 2.60. The maximum Gasteiger partial charge on any atom is 0.246 e. The molecule has 1 N–H and O–H groups in total. The minimum absolute atomic E-state index is 0.0720. The molecule has 0 radical (unpaired) electrons. The summed E-state index contributed by atoms with van der Waals surface area (Å²) in [7, 11) is 1.60. The molecule has 0 bridgehead atoms. The van der Waals surface area contributed by atoms with Gasteiger partial charge in [-0.25, -0.2) is 0 Å². The van der Waals surface area contributed by atoms with Gasteiger partial charge in [0, 0.05) is 13.6 Å². The van der Waals surface area contributed by atoms with Crippen LogP contribution < -0.4 is 5.32 Å². The number of carbonyl (C=O) groups excluding carboxylic acids is 2. The van der Waals surface area contributed by atoms with Crippen LogP contribution in [0.15, 0.2) is 12.2 Å². The highest BCUT2D eigenvalue weighted by molar-refractivity contribution is 5.93. The van der Waals surface area contributed by atoms with E-state index >= 15 is 0 Å². The van der Waals surface area contributed by atoms with Gasteiger partial charge in [-0.05, 0) is 25.3 Å².